The van der Waals surface area contributed by atoms with Gasteiger partial charge in [0.25, 0.3) is 0 Å². The van der Waals surface area contributed by atoms with Gasteiger partial charge < -0.3 is 4.57 Å². The molecule has 0 atom stereocenters. The van der Waals surface area contributed by atoms with Crippen molar-refractivity contribution in [3.05, 3.63) is 12.5 Å². The van der Waals surface area contributed by atoms with Crippen LogP contribution in [-0.4, -0.2) is 23.7 Å². The molecule has 1 rings (SSSR count). The van der Waals surface area contributed by atoms with Crippen molar-refractivity contribution in [2.75, 3.05) is 5.75 Å². The summed E-state index contributed by atoms with van der Waals surface area (Å²) in [4.78, 5) is 3.89. The van der Waals surface area contributed by atoms with Gasteiger partial charge in [-0.15, -0.1) is 0 Å². The van der Waals surface area contributed by atoms with Crippen molar-refractivity contribution in [2.45, 2.75) is 50.5 Å². The van der Waals surface area contributed by atoms with Gasteiger partial charge in [-0.2, -0.15) is 0 Å². The van der Waals surface area contributed by atoms with Crippen molar-refractivity contribution < 1.29 is 8.42 Å². The van der Waals surface area contributed by atoms with Crippen LogP contribution in [0.5, 0.6) is 0 Å². The van der Waals surface area contributed by atoms with E-state index < -0.39 is 9.84 Å². The van der Waals surface area contributed by atoms with E-state index >= 15 is 0 Å². The molecule has 0 saturated carbocycles. The Balaban J connectivity index is 2.31. The van der Waals surface area contributed by atoms with Crippen LogP contribution in [0.3, 0.4) is 0 Å². The largest absolute Gasteiger partial charge is 0.339 e. The lowest BCUT2D eigenvalue weighted by Gasteiger charge is -2.01. The topological polar surface area (TPSA) is 52.0 Å². The maximum atomic E-state index is 11.9. The summed E-state index contributed by atoms with van der Waals surface area (Å²) in [7, 11) is -1.39. The molecule has 5 heteroatoms. The van der Waals surface area contributed by atoms with E-state index in [2.05, 4.69) is 11.9 Å². The summed E-state index contributed by atoms with van der Waals surface area (Å²) >= 11 is 0. The Hall–Kier alpha value is -0.840. The SMILES string of the molecule is CCCCCCCCS(=O)(=O)c1cn(C)cn1. The number of aryl methyl sites for hydroxylation is 1. The van der Waals surface area contributed by atoms with Gasteiger partial charge in [0.1, 0.15) is 0 Å². The number of aromatic nitrogens is 2. The standard InChI is InChI=1S/C12H22N2O2S/c1-3-4-5-6-7-8-9-17(15,16)12-10-14(2)11-13-12/h10-11H,3-9H2,1-2H3. The predicted molar refractivity (Wildman–Crippen MR) is 68.6 cm³/mol. The fraction of sp³-hybridized carbons (Fsp3) is 0.750. The highest BCUT2D eigenvalue weighted by atomic mass is 32.2. The Morgan fingerprint density at radius 2 is 1.82 bits per heavy atom. The quantitative estimate of drug-likeness (QED) is 0.673. The predicted octanol–water partition coefficient (Wildman–Crippen LogP) is 2.55. The molecule has 4 nitrogen and oxygen atoms in total. The molecule has 0 aliphatic heterocycles. The number of nitrogens with zero attached hydrogens (tertiary/aromatic N) is 2. The summed E-state index contributed by atoms with van der Waals surface area (Å²) in [5.41, 5.74) is 0. The first-order chi connectivity index (χ1) is 8.06. The fourth-order valence-corrected chi connectivity index (χ4v) is 3.05. The van der Waals surface area contributed by atoms with Crippen molar-refractivity contribution in [3.8, 4) is 0 Å². The summed E-state index contributed by atoms with van der Waals surface area (Å²) in [5.74, 6) is 0.218. The summed E-state index contributed by atoms with van der Waals surface area (Å²) < 4.78 is 25.4. The van der Waals surface area contributed by atoms with E-state index in [-0.39, 0.29) is 10.8 Å². The van der Waals surface area contributed by atoms with Crippen LogP contribution in [0.15, 0.2) is 17.6 Å². The van der Waals surface area contributed by atoms with Gasteiger partial charge in [-0.05, 0) is 6.42 Å². The van der Waals surface area contributed by atoms with Crippen molar-refractivity contribution in [2.24, 2.45) is 7.05 Å². The summed E-state index contributed by atoms with van der Waals surface area (Å²) in [6.07, 6.45) is 9.61. The van der Waals surface area contributed by atoms with Gasteiger partial charge >= 0.3 is 0 Å². The fourth-order valence-electron chi connectivity index (χ4n) is 1.73. The first-order valence-corrected chi connectivity index (χ1v) is 7.92. The molecule has 0 aliphatic rings. The highest BCUT2D eigenvalue weighted by molar-refractivity contribution is 7.91. The third-order valence-corrected chi connectivity index (χ3v) is 4.44. The second-order valence-corrected chi connectivity index (χ2v) is 6.52. The van der Waals surface area contributed by atoms with Crippen molar-refractivity contribution in [3.63, 3.8) is 0 Å². The van der Waals surface area contributed by atoms with Crippen molar-refractivity contribution >= 4 is 9.84 Å². The Morgan fingerprint density at radius 3 is 2.41 bits per heavy atom. The zero-order chi connectivity index (χ0) is 12.7. The molecule has 0 fully saturated rings. The van der Waals surface area contributed by atoms with Crippen LogP contribution in [0.25, 0.3) is 0 Å². The van der Waals surface area contributed by atoms with E-state index in [4.69, 9.17) is 0 Å². The van der Waals surface area contributed by atoms with Gasteiger partial charge in [0.2, 0.25) is 0 Å². The van der Waals surface area contributed by atoms with E-state index in [0.29, 0.717) is 0 Å². The maximum absolute atomic E-state index is 11.9. The molecule has 0 aliphatic carbocycles. The van der Waals surface area contributed by atoms with Crippen molar-refractivity contribution in [1.29, 1.82) is 0 Å². The van der Waals surface area contributed by atoms with E-state index in [0.717, 1.165) is 19.3 Å². The summed E-state index contributed by atoms with van der Waals surface area (Å²) in [6.45, 7) is 2.17. The van der Waals surface area contributed by atoms with Gasteiger partial charge in [0.15, 0.2) is 14.9 Å². The Morgan fingerprint density at radius 1 is 1.18 bits per heavy atom. The van der Waals surface area contributed by atoms with Crippen LogP contribution in [-0.2, 0) is 16.9 Å². The molecule has 98 valence electrons. The molecule has 17 heavy (non-hydrogen) atoms. The Bertz CT molecular complexity index is 423. The zero-order valence-electron chi connectivity index (χ0n) is 10.7. The molecule has 0 spiro atoms. The summed E-state index contributed by atoms with van der Waals surface area (Å²) in [6, 6.07) is 0. The highest BCUT2D eigenvalue weighted by Crippen LogP contribution is 2.11. The third kappa shape index (κ3) is 4.89. The summed E-state index contributed by atoms with van der Waals surface area (Å²) in [5, 5.41) is 0.202. The minimum absolute atomic E-state index is 0.202. The van der Waals surface area contributed by atoms with Crippen LogP contribution >= 0.6 is 0 Å². The average molecular weight is 258 g/mol. The Labute approximate surface area is 104 Å². The smallest absolute Gasteiger partial charge is 0.197 e. The van der Waals surface area contributed by atoms with Gasteiger partial charge in [-0.25, -0.2) is 13.4 Å². The molecule has 0 bridgehead atoms. The van der Waals surface area contributed by atoms with Crippen LogP contribution < -0.4 is 0 Å². The van der Waals surface area contributed by atoms with Crippen LogP contribution in [0.2, 0.25) is 0 Å². The van der Waals surface area contributed by atoms with Crippen LogP contribution in [0, 0.1) is 0 Å². The normalized spacial score (nSPS) is 11.9. The van der Waals surface area contributed by atoms with Gasteiger partial charge in [-0.3, -0.25) is 0 Å². The van der Waals surface area contributed by atoms with E-state index in [9.17, 15) is 8.42 Å². The number of imidazole rings is 1. The minimum Gasteiger partial charge on any atom is -0.339 e. The number of unbranched alkanes of at least 4 members (excludes halogenated alkanes) is 5. The molecular formula is C12H22N2O2S. The number of rotatable bonds is 8. The molecular weight excluding hydrogens is 236 g/mol. The van der Waals surface area contributed by atoms with Gasteiger partial charge in [-0.1, -0.05) is 39.0 Å². The van der Waals surface area contributed by atoms with Crippen LogP contribution in [0.4, 0.5) is 0 Å². The van der Waals surface area contributed by atoms with Gasteiger partial charge in [0, 0.05) is 13.2 Å². The second kappa shape index (κ2) is 6.79. The van der Waals surface area contributed by atoms with E-state index in [1.54, 1.807) is 17.8 Å². The molecule has 0 radical (unpaired) electrons. The zero-order valence-corrected chi connectivity index (χ0v) is 11.5. The second-order valence-electron chi connectivity index (χ2n) is 4.46. The molecule has 0 saturated heterocycles. The monoisotopic (exact) mass is 258 g/mol. The molecule has 1 aromatic heterocycles. The van der Waals surface area contributed by atoms with E-state index in [1.807, 2.05) is 0 Å². The highest BCUT2D eigenvalue weighted by Gasteiger charge is 2.16. The minimum atomic E-state index is -3.16. The lowest BCUT2D eigenvalue weighted by atomic mass is 10.1. The molecule has 1 heterocycles. The lowest BCUT2D eigenvalue weighted by Crippen LogP contribution is -2.07. The van der Waals surface area contributed by atoms with Crippen molar-refractivity contribution in [1.82, 2.24) is 9.55 Å². The van der Waals surface area contributed by atoms with E-state index in [1.165, 1.54) is 25.6 Å². The first kappa shape index (κ1) is 14.2. The Kier molecular flexibility index (Phi) is 5.68. The van der Waals surface area contributed by atoms with Crippen LogP contribution in [0.1, 0.15) is 45.4 Å². The number of sulfone groups is 1. The third-order valence-electron chi connectivity index (χ3n) is 2.77. The molecule has 0 N–H and O–H groups in total. The van der Waals surface area contributed by atoms with Gasteiger partial charge in [0.05, 0.1) is 12.1 Å². The maximum Gasteiger partial charge on any atom is 0.197 e. The lowest BCUT2D eigenvalue weighted by molar-refractivity contribution is 0.581. The molecule has 0 aromatic carbocycles. The number of hydrogen-bond acceptors (Lipinski definition) is 3. The number of hydrogen-bond donors (Lipinski definition) is 0. The molecule has 0 unspecified atom stereocenters. The average Bonchev–Trinajstić information content (AvgIpc) is 2.71. The molecule has 0 amide bonds. The first-order valence-electron chi connectivity index (χ1n) is 6.27. The molecule has 1 aromatic rings.